The van der Waals surface area contributed by atoms with Crippen LogP contribution in [0, 0.1) is 22.9 Å². The van der Waals surface area contributed by atoms with E-state index in [1.807, 2.05) is 12.1 Å². The van der Waals surface area contributed by atoms with Crippen molar-refractivity contribution in [1.29, 1.82) is 0 Å². The molecule has 0 saturated carbocycles. The fourth-order valence-corrected chi connectivity index (χ4v) is 16.9. The largest absolute Gasteiger partial charge is 0.464 e. The van der Waals surface area contributed by atoms with Crippen LogP contribution in [0.25, 0.3) is 43.5 Å². The topological polar surface area (TPSA) is 26.3 Å². The minimum atomic E-state index is -2.95. The van der Waals surface area contributed by atoms with Gasteiger partial charge in [-0.3, -0.25) is 0 Å². The molecule has 11 rings (SSSR count). The average molecular weight is 823 g/mol. The van der Waals surface area contributed by atoms with E-state index in [0.717, 1.165) is 54.6 Å². The quantitative estimate of drug-likeness (QED) is 0.0724. The summed E-state index contributed by atoms with van der Waals surface area (Å²) in [6, 6.07) is 78.0. The summed E-state index contributed by atoms with van der Waals surface area (Å²) in [5, 5.41) is 13.5. The molecule has 2 aromatic heterocycles. The van der Waals surface area contributed by atoms with Gasteiger partial charge in [-0.25, -0.2) is 0 Å². The molecular weight excluding hydrogens is 785 g/mol. The summed E-state index contributed by atoms with van der Waals surface area (Å²) in [6.45, 7) is 0. The van der Waals surface area contributed by atoms with Gasteiger partial charge in [0.1, 0.15) is 11.2 Å². The van der Waals surface area contributed by atoms with Gasteiger partial charge in [-0.2, -0.15) is 0 Å². The van der Waals surface area contributed by atoms with Gasteiger partial charge in [0.25, 0.3) is 0 Å². The first-order chi connectivity index (χ1) is 30.7. The molecule has 0 amide bonds. The van der Waals surface area contributed by atoms with Crippen molar-refractivity contribution < 1.29 is 8.83 Å². The van der Waals surface area contributed by atoms with Crippen molar-refractivity contribution in [2.45, 2.75) is 0 Å². The van der Waals surface area contributed by atoms with Gasteiger partial charge in [-0.1, -0.05) is 194 Å². The molecule has 0 atom stereocenters. The highest BCUT2D eigenvalue weighted by Crippen LogP contribution is 2.38. The lowest BCUT2D eigenvalue weighted by molar-refractivity contribution is 0.616. The monoisotopic (exact) mass is 822 g/mol. The Balaban J connectivity index is 1.27. The van der Waals surface area contributed by atoms with Crippen molar-refractivity contribution in [3.8, 4) is 22.9 Å². The maximum absolute atomic E-state index is 6.15. The maximum Gasteiger partial charge on any atom is 0.230 e. The summed E-state index contributed by atoms with van der Waals surface area (Å²) in [4.78, 5) is 0. The molecule has 9 aromatic carbocycles. The number of hydrogen-bond acceptors (Lipinski definition) is 2. The van der Waals surface area contributed by atoms with Gasteiger partial charge in [-0.15, -0.1) is 11.1 Å². The number of hydrogen-bond donors (Lipinski definition) is 0. The van der Waals surface area contributed by atoms with Crippen LogP contribution >= 0.6 is 0 Å². The first-order valence-electron chi connectivity index (χ1n) is 20.9. The minimum Gasteiger partial charge on any atom is -0.464 e. The molecule has 2 nitrogen and oxygen atoms in total. The van der Waals surface area contributed by atoms with E-state index in [2.05, 4.69) is 229 Å². The van der Waals surface area contributed by atoms with Crippen LogP contribution in [0.3, 0.4) is 0 Å². The molecule has 2 heterocycles. The van der Waals surface area contributed by atoms with E-state index in [1.165, 1.54) is 31.1 Å². The van der Waals surface area contributed by atoms with Crippen molar-refractivity contribution in [2.75, 3.05) is 0 Å². The van der Waals surface area contributed by atoms with Crippen LogP contribution < -0.4 is 31.1 Å². The third-order valence-corrected chi connectivity index (χ3v) is 20.4. The molecule has 0 unspecified atom stereocenters. The Morgan fingerprint density at radius 1 is 0.290 bits per heavy atom. The lowest BCUT2D eigenvalue weighted by Gasteiger charge is -2.28. The molecule has 290 valence electrons. The molecule has 0 aliphatic rings. The lowest BCUT2D eigenvalue weighted by atomic mass is 9.91. The Hall–Kier alpha value is -7.87. The standard InChI is InChI=1S/C58H38O2Si2/c1-7-19-45(20-8-1)61(46-21-9-2-10-22-46,47-23-11-3-12-24-47)37-33-51-53-39-43-31-35-60-58(43)42-56(53)52(54-40-44-32-36-59-57(44)41-55(51)54)34-38-62(48-25-13-4-14-26-48,49-27-15-5-16-28-49)50-29-17-6-18-30-50/h1-32,35-36,39-42H. The van der Waals surface area contributed by atoms with E-state index < -0.39 is 16.1 Å². The minimum absolute atomic E-state index is 0.808. The van der Waals surface area contributed by atoms with Crippen LogP contribution in [0.5, 0.6) is 0 Å². The van der Waals surface area contributed by atoms with E-state index in [0.29, 0.717) is 0 Å². The predicted octanol–water partition coefficient (Wildman–Crippen LogP) is 9.61. The highest BCUT2D eigenvalue weighted by molar-refractivity contribution is 7.17. The summed E-state index contributed by atoms with van der Waals surface area (Å²) in [6.07, 6.45) is 3.53. The van der Waals surface area contributed by atoms with Crippen molar-refractivity contribution in [2.24, 2.45) is 0 Å². The van der Waals surface area contributed by atoms with Gasteiger partial charge in [-0.05, 0) is 67.5 Å². The average Bonchev–Trinajstić information content (AvgIpc) is 4.02. The van der Waals surface area contributed by atoms with Gasteiger partial charge < -0.3 is 8.83 Å². The van der Waals surface area contributed by atoms with Crippen LogP contribution in [0.2, 0.25) is 0 Å². The van der Waals surface area contributed by atoms with E-state index in [4.69, 9.17) is 8.83 Å². The molecular formula is C58H38O2Si2. The fraction of sp³-hybridized carbons (Fsp3) is 0. The van der Waals surface area contributed by atoms with E-state index >= 15 is 0 Å². The first kappa shape index (κ1) is 37.2. The van der Waals surface area contributed by atoms with Crippen LogP contribution in [0.15, 0.2) is 240 Å². The second-order valence-corrected chi connectivity index (χ2v) is 22.6. The zero-order valence-electron chi connectivity index (χ0n) is 33.8. The Labute approximate surface area is 362 Å². The van der Waals surface area contributed by atoms with Gasteiger partial charge in [0.2, 0.25) is 16.1 Å². The van der Waals surface area contributed by atoms with Crippen molar-refractivity contribution >= 4 is 90.8 Å². The molecule has 0 spiro atoms. The second-order valence-electron chi connectivity index (χ2n) is 15.7. The third-order valence-electron chi connectivity index (χ3n) is 12.3. The van der Waals surface area contributed by atoms with E-state index in [-0.39, 0.29) is 0 Å². The maximum atomic E-state index is 6.15. The number of rotatable bonds is 6. The van der Waals surface area contributed by atoms with Crippen molar-refractivity contribution in [1.82, 2.24) is 0 Å². The molecule has 0 fully saturated rings. The Morgan fingerprint density at radius 3 is 0.823 bits per heavy atom. The van der Waals surface area contributed by atoms with Gasteiger partial charge in [0, 0.05) is 43.4 Å². The fourth-order valence-electron chi connectivity index (χ4n) is 9.28. The highest BCUT2D eigenvalue weighted by Gasteiger charge is 2.39. The van der Waals surface area contributed by atoms with Crippen molar-refractivity contribution in [3.63, 3.8) is 0 Å². The number of fused-ring (bicyclic) bond motifs is 4. The van der Waals surface area contributed by atoms with E-state index in [1.54, 1.807) is 12.5 Å². The van der Waals surface area contributed by atoms with Gasteiger partial charge >= 0.3 is 0 Å². The third kappa shape index (κ3) is 6.21. The lowest BCUT2D eigenvalue weighted by Crippen LogP contribution is -2.66. The van der Waals surface area contributed by atoms with Crippen molar-refractivity contribution in [3.05, 3.63) is 242 Å². The SMILES string of the molecule is C(#C[Si](c1ccccc1)(c1ccccc1)c1ccccc1)c1c2cc3ccoc3cc2c(C#C[Si](c2ccccc2)(c2ccccc2)c2ccccc2)c2cc3ccoc3cc12. The van der Waals surface area contributed by atoms with Gasteiger partial charge in [0.15, 0.2) is 0 Å². The number of furan rings is 2. The highest BCUT2D eigenvalue weighted by atomic mass is 28.3. The zero-order chi connectivity index (χ0) is 41.4. The molecule has 62 heavy (non-hydrogen) atoms. The van der Waals surface area contributed by atoms with Crippen LogP contribution in [0.4, 0.5) is 0 Å². The molecule has 0 N–H and O–H groups in total. The first-order valence-corrected chi connectivity index (χ1v) is 24.9. The van der Waals surface area contributed by atoms with Crippen LogP contribution in [-0.2, 0) is 0 Å². The molecule has 0 saturated heterocycles. The molecule has 0 aliphatic carbocycles. The molecule has 0 bridgehead atoms. The Bertz CT molecular complexity index is 2990. The molecule has 0 radical (unpaired) electrons. The molecule has 0 aliphatic heterocycles. The van der Waals surface area contributed by atoms with E-state index in [9.17, 15) is 0 Å². The normalized spacial score (nSPS) is 11.6. The molecule has 4 heteroatoms. The number of benzene rings is 9. The summed E-state index contributed by atoms with van der Waals surface area (Å²) in [7, 11) is -5.91. The van der Waals surface area contributed by atoms with Gasteiger partial charge in [0.05, 0.1) is 12.5 Å². The predicted molar refractivity (Wildman–Crippen MR) is 263 cm³/mol. The summed E-state index contributed by atoms with van der Waals surface area (Å²) in [5.41, 5.74) is 11.7. The van der Waals surface area contributed by atoms with Crippen LogP contribution in [-0.4, -0.2) is 16.1 Å². The summed E-state index contributed by atoms with van der Waals surface area (Å²) >= 11 is 0. The second kappa shape index (κ2) is 15.6. The summed E-state index contributed by atoms with van der Waals surface area (Å²) < 4.78 is 12.3. The smallest absolute Gasteiger partial charge is 0.230 e. The Kier molecular flexibility index (Phi) is 9.36. The van der Waals surface area contributed by atoms with Crippen LogP contribution in [0.1, 0.15) is 11.1 Å². The zero-order valence-corrected chi connectivity index (χ0v) is 35.8. The summed E-state index contributed by atoms with van der Waals surface area (Å²) in [5.74, 6) is 7.92. The molecule has 11 aromatic rings. The Morgan fingerprint density at radius 2 is 0.548 bits per heavy atom.